The van der Waals surface area contributed by atoms with Crippen LogP contribution in [0.15, 0.2) is 33.4 Å². The van der Waals surface area contributed by atoms with Gasteiger partial charge < -0.3 is 9.15 Å². The van der Waals surface area contributed by atoms with E-state index in [2.05, 4.69) is 15.9 Å². The van der Waals surface area contributed by atoms with Crippen molar-refractivity contribution in [2.24, 2.45) is 0 Å². The predicted octanol–water partition coefficient (Wildman–Crippen LogP) is 3.20. The van der Waals surface area contributed by atoms with Gasteiger partial charge in [0.15, 0.2) is 11.3 Å². The van der Waals surface area contributed by atoms with E-state index in [1.54, 1.807) is 13.4 Å². The van der Waals surface area contributed by atoms with E-state index in [4.69, 9.17) is 9.15 Å². The molecule has 12 heavy (non-hydrogen) atoms. The molecule has 0 aliphatic rings. The summed E-state index contributed by atoms with van der Waals surface area (Å²) in [5.74, 6) is 0.762. The quantitative estimate of drug-likeness (QED) is 0.746. The summed E-state index contributed by atoms with van der Waals surface area (Å²) in [4.78, 5) is 0. The van der Waals surface area contributed by atoms with Gasteiger partial charge in [0.1, 0.15) is 0 Å². The first-order chi connectivity index (χ1) is 5.83. The molecule has 0 amide bonds. The zero-order valence-electron chi connectivity index (χ0n) is 6.50. The molecule has 0 radical (unpaired) electrons. The molecule has 0 aliphatic carbocycles. The van der Waals surface area contributed by atoms with Gasteiger partial charge in [-0.3, -0.25) is 0 Å². The molecule has 1 aromatic heterocycles. The number of benzene rings is 1. The second-order valence-corrected chi connectivity index (χ2v) is 3.27. The third-order valence-electron chi connectivity index (χ3n) is 1.75. The van der Waals surface area contributed by atoms with Gasteiger partial charge in [0.05, 0.1) is 13.4 Å². The molecule has 0 N–H and O–H groups in total. The van der Waals surface area contributed by atoms with Crippen molar-refractivity contribution in [3.05, 3.63) is 28.9 Å². The number of furan rings is 1. The van der Waals surface area contributed by atoms with Crippen LogP contribution in [-0.2, 0) is 0 Å². The van der Waals surface area contributed by atoms with Crippen LogP contribution in [0.4, 0.5) is 0 Å². The van der Waals surface area contributed by atoms with Crippen molar-refractivity contribution < 1.29 is 9.15 Å². The molecule has 0 spiro atoms. The molecular formula is C9H7BrO2. The Kier molecular flexibility index (Phi) is 1.81. The number of methoxy groups -OCH3 is 1. The van der Waals surface area contributed by atoms with Crippen molar-refractivity contribution >= 4 is 26.9 Å². The molecule has 2 aromatic rings. The minimum atomic E-state index is 0.762. The highest BCUT2D eigenvalue weighted by Crippen LogP contribution is 2.31. The van der Waals surface area contributed by atoms with Gasteiger partial charge >= 0.3 is 0 Å². The van der Waals surface area contributed by atoms with E-state index in [0.717, 1.165) is 21.2 Å². The van der Waals surface area contributed by atoms with Gasteiger partial charge in [-0.1, -0.05) is 15.9 Å². The van der Waals surface area contributed by atoms with Crippen LogP contribution in [0.5, 0.6) is 5.75 Å². The van der Waals surface area contributed by atoms with E-state index in [-0.39, 0.29) is 0 Å². The van der Waals surface area contributed by atoms with Crippen molar-refractivity contribution in [1.82, 2.24) is 0 Å². The Bertz CT molecular complexity index is 406. The summed E-state index contributed by atoms with van der Waals surface area (Å²) in [6, 6.07) is 5.72. The lowest BCUT2D eigenvalue weighted by Crippen LogP contribution is -1.82. The smallest absolute Gasteiger partial charge is 0.176 e. The fraction of sp³-hybridized carbons (Fsp3) is 0.111. The van der Waals surface area contributed by atoms with Crippen LogP contribution in [0.1, 0.15) is 0 Å². The highest BCUT2D eigenvalue weighted by molar-refractivity contribution is 9.10. The van der Waals surface area contributed by atoms with E-state index in [0.29, 0.717) is 0 Å². The lowest BCUT2D eigenvalue weighted by atomic mass is 10.2. The van der Waals surface area contributed by atoms with E-state index in [9.17, 15) is 0 Å². The fourth-order valence-corrected chi connectivity index (χ4v) is 1.61. The molecule has 0 fully saturated rings. The maximum Gasteiger partial charge on any atom is 0.176 e. The first-order valence-corrected chi connectivity index (χ1v) is 4.32. The predicted molar refractivity (Wildman–Crippen MR) is 50.5 cm³/mol. The fourth-order valence-electron chi connectivity index (χ4n) is 1.16. The normalized spacial score (nSPS) is 10.5. The largest absolute Gasteiger partial charge is 0.493 e. The summed E-state index contributed by atoms with van der Waals surface area (Å²) in [5.41, 5.74) is 0.784. The maximum atomic E-state index is 5.27. The standard InChI is InChI=1S/C9H7BrO2/c1-11-8-3-2-7(10)6-4-5-12-9(6)8/h2-5H,1H3. The first-order valence-electron chi connectivity index (χ1n) is 3.52. The lowest BCUT2D eigenvalue weighted by Gasteiger charge is -2.00. The maximum absolute atomic E-state index is 5.27. The van der Waals surface area contributed by atoms with Crippen LogP contribution < -0.4 is 4.74 Å². The Morgan fingerprint density at radius 1 is 1.33 bits per heavy atom. The molecule has 2 nitrogen and oxygen atoms in total. The summed E-state index contributed by atoms with van der Waals surface area (Å²) in [7, 11) is 1.63. The van der Waals surface area contributed by atoms with Gasteiger partial charge in [0, 0.05) is 9.86 Å². The second kappa shape index (κ2) is 2.83. The number of hydrogen-bond donors (Lipinski definition) is 0. The summed E-state index contributed by atoms with van der Waals surface area (Å²) < 4.78 is 11.4. The third-order valence-corrected chi connectivity index (χ3v) is 2.44. The van der Waals surface area contributed by atoms with Gasteiger partial charge in [-0.25, -0.2) is 0 Å². The van der Waals surface area contributed by atoms with Crippen LogP contribution in [0.2, 0.25) is 0 Å². The van der Waals surface area contributed by atoms with Crippen LogP contribution in [-0.4, -0.2) is 7.11 Å². The molecule has 0 aliphatic heterocycles. The average molecular weight is 227 g/mol. The molecule has 0 saturated carbocycles. The van der Waals surface area contributed by atoms with Crippen LogP contribution in [0, 0.1) is 0 Å². The Labute approximate surface area is 78.3 Å². The van der Waals surface area contributed by atoms with Gasteiger partial charge in [0.25, 0.3) is 0 Å². The highest BCUT2D eigenvalue weighted by atomic mass is 79.9. The van der Waals surface area contributed by atoms with Crippen LogP contribution in [0.25, 0.3) is 11.0 Å². The zero-order valence-corrected chi connectivity index (χ0v) is 8.09. The lowest BCUT2D eigenvalue weighted by molar-refractivity contribution is 0.410. The highest BCUT2D eigenvalue weighted by Gasteiger charge is 2.06. The monoisotopic (exact) mass is 226 g/mol. The van der Waals surface area contributed by atoms with Crippen molar-refractivity contribution in [2.75, 3.05) is 7.11 Å². The van der Waals surface area contributed by atoms with Gasteiger partial charge in [-0.05, 0) is 18.2 Å². The van der Waals surface area contributed by atoms with Crippen molar-refractivity contribution in [3.63, 3.8) is 0 Å². The minimum Gasteiger partial charge on any atom is -0.493 e. The molecule has 2 rings (SSSR count). The molecule has 62 valence electrons. The van der Waals surface area contributed by atoms with Crippen molar-refractivity contribution in [1.29, 1.82) is 0 Å². The van der Waals surface area contributed by atoms with Gasteiger partial charge in [-0.15, -0.1) is 0 Å². The Morgan fingerprint density at radius 2 is 2.17 bits per heavy atom. The van der Waals surface area contributed by atoms with Crippen molar-refractivity contribution in [2.45, 2.75) is 0 Å². The van der Waals surface area contributed by atoms with E-state index < -0.39 is 0 Å². The third kappa shape index (κ3) is 1.01. The topological polar surface area (TPSA) is 22.4 Å². The Morgan fingerprint density at radius 3 is 2.92 bits per heavy atom. The van der Waals surface area contributed by atoms with Crippen molar-refractivity contribution in [3.8, 4) is 5.75 Å². The summed E-state index contributed by atoms with van der Waals surface area (Å²) >= 11 is 3.42. The molecular weight excluding hydrogens is 220 g/mol. The van der Waals surface area contributed by atoms with Gasteiger partial charge in [0.2, 0.25) is 0 Å². The Balaban J connectivity index is 2.82. The van der Waals surface area contributed by atoms with Crippen LogP contribution >= 0.6 is 15.9 Å². The molecule has 0 atom stereocenters. The van der Waals surface area contributed by atoms with Crippen LogP contribution in [0.3, 0.4) is 0 Å². The summed E-state index contributed by atoms with van der Waals surface area (Å²) in [6.07, 6.45) is 1.65. The second-order valence-electron chi connectivity index (χ2n) is 2.41. The average Bonchev–Trinajstić information content (AvgIpc) is 2.54. The molecule has 3 heteroatoms. The minimum absolute atomic E-state index is 0.762. The molecule has 0 bridgehead atoms. The number of halogens is 1. The molecule has 0 unspecified atom stereocenters. The number of ether oxygens (including phenoxy) is 1. The summed E-state index contributed by atoms with van der Waals surface area (Å²) in [6.45, 7) is 0. The SMILES string of the molecule is COc1ccc(Br)c2ccoc12. The number of fused-ring (bicyclic) bond motifs is 1. The van der Waals surface area contributed by atoms with E-state index >= 15 is 0 Å². The summed E-state index contributed by atoms with van der Waals surface area (Å²) in [5, 5.41) is 1.04. The molecule has 1 heterocycles. The molecule has 0 saturated heterocycles. The number of rotatable bonds is 1. The Hall–Kier alpha value is -0.960. The zero-order chi connectivity index (χ0) is 8.55. The van der Waals surface area contributed by atoms with E-state index in [1.165, 1.54) is 0 Å². The van der Waals surface area contributed by atoms with Gasteiger partial charge in [-0.2, -0.15) is 0 Å². The number of hydrogen-bond acceptors (Lipinski definition) is 2. The first kappa shape index (κ1) is 7.68. The molecule has 1 aromatic carbocycles. The van der Waals surface area contributed by atoms with E-state index in [1.807, 2.05) is 18.2 Å².